The third-order valence-electron chi connectivity index (χ3n) is 2.55. The van der Waals surface area contributed by atoms with E-state index in [0.29, 0.717) is 11.3 Å². The zero-order chi connectivity index (χ0) is 13.1. The Bertz CT molecular complexity index is 648. The topological polar surface area (TPSA) is 63.1 Å². The smallest absolute Gasteiger partial charge is 0.259 e. The Hall–Kier alpha value is -2.36. The molecule has 92 valence electrons. The molecule has 18 heavy (non-hydrogen) atoms. The molecule has 0 radical (unpaired) electrons. The molecule has 0 aromatic carbocycles. The third kappa shape index (κ3) is 2.48. The minimum Gasteiger partial charge on any atom is -0.465 e. The molecule has 0 aliphatic carbocycles. The van der Waals surface area contributed by atoms with E-state index >= 15 is 0 Å². The third-order valence-corrected chi connectivity index (χ3v) is 2.55. The monoisotopic (exact) mass is 243 g/mol. The quantitative estimate of drug-likeness (QED) is 0.665. The van der Waals surface area contributed by atoms with Gasteiger partial charge in [-0.25, -0.2) is 0 Å². The molecule has 0 bridgehead atoms. The molecule has 0 saturated carbocycles. The van der Waals surface area contributed by atoms with E-state index in [-0.39, 0.29) is 16.9 Å². The highest BCUT2D eigenvalue weighted by Gasteiger charge is 2.11. The summed E-state index contributed by atoms with van der Waals surface area (Å²) < 4.78 is 5.07. The number of allylic oxidation sites excluding steroid dienone is 1. The van der Waals surface area contributed by atoms with Crippen LogP contribution >= 0.6 is 0 Å². The number of pyridine rings is 1. The van der Waals surface area contributed by atoms with Gasteiger partial charge in [-0.1, -0.05) is 0 Å². The molecule has 4 heteroatoms. The number of carbonyl (C=O) groups is 1. The van der Waals surface area contributed by atoms with Crippen LogP contribution in [0.4, 0.5) is 0 Å². The lowest BCUT2D eigenvalue weighted by atomic mass is 10.1. The van der Waals surface area contributed by atoms with Crippen LogP contribution in [-0.2, 0) is 0 Å². The maximum absolute atomic E-state index is 11.9. The van der Waals surface area contributed by atoms with Gasteiger partial charge in [0.05, 0.1) is 11.8 Å². The standard InChI is InChI=1S/C14H13NO3/c1-9-8-10(2)15-14(17)13(9)12(16)6-5-11-4-3-7-18-11/h3-8H,1-2H3,(H,15,17). The summed E-state index contributed by atoms with van der Waals surface area (Å²) in [4.78, 5) is 26.3. The minimum absolute atomic E-state index is 0.170. The molecule has 0 saturated heterocycles. The van der Waals surface area contributed by atoms with Crippen molar-refractivity contribution >= 4 is 11.9 Å². The number of aromatic nitrogens is 1. The van der Waals surface area contributed by atoms with Crippen molar-refractivity contribution in [3.8, 4) is 0 Å². The van der Waals surface area contributed by atoms with Crippen LogP contribution in [0.2, 0.25) is 0 Å². The molecule has 2 aromatic rings. The number of aryl methyl sites for hydroxylation is 2. The van der Waals surface area contributed by atoms with E-state index in [9.17, 15) is 9.59 Å². The molecule has 0 amide bonds. The normalized spacial score (nSPS) is 11.0. The van der Waals surface area contributed by atoms with Crippen LogP contribution in [0, 0.1) is 13.8 Å². The maximum Gasteiger partial charge on any atom is 0.259 e. The lowest BCUT2D eigenvalue weighted by molar-refractivity contribution is 0.104. The van der Waals surface area contributed by atoms with Crippen molar-refractivity contribution in [2.24, 2.45) is 0 Å². The predicted molar refractivity (Wildman–Crippen MR) is 68.6 cm³/mol. The average molecular weight is 243 g/mol. The number of furan rings is 1. The second-order valence-electron chi connectivity index (χ2n) is 4.05. The second-order valence-corrected chi connectivity index (χ2v) is 4.05. The van der Waals surface area contributed by atoms with E-state index in [1.807, 2.05) is 0 Å². The highest BCUT2D eigenvalue weighted by Crippen LogP contribution is 2.07. The van der Waals surface area contributed by atoms with Crippen LogP contribution in [0.25, 0.3) is 6.08 Å². The van der Waals surface area contributed by atoms with Gasteiger partial charge >= 0.3 is 0 Å². The first-order valence-electron chi connectivity index (χ1n) is 5.54. The summed E-state index contributed by atoms with van der Waals surface area (Å²) in [6.07, 6.45) is 4.40. The van der Waals surface area contributed by atoms with Gasteiger partial charge in [-0.05, 0) is 49.8 Å². The van der Waals surface area contributed by atoms with Crippen molar-refractivity contribution in [3.63, 3.8) is 0 Å². The highest BCUT2D eigenvalue weighted by molar-refractivity contribution is 6.07. The maximum atomic E-state index is 11.9. The minimum atomic E-state index is -0.360. The first kappa shape index (κ1) is 12.1. The van der Waals surface area contributed by atoms with Crippen molar-refractivity contribution in [2.45, 2.75) is 13.8 Å². The van der Waals surface area contributed by atoms with Crippen LogP contribution < -0.4 is 5.56 Å². The Kier molecular flexibility index (Phi) is 3.28. The van der Waals surface area contributed by atoms with E-state index in [1.54, 1.807) is 38.1 Å². The summed E-state index contributed by atoms with van der Waals surface area (Å²) in [6, 6.07) is 5.24. The molecule has 0 atom stereocenters. The van der Waals surface area contributed by atoms with Crippen molar-refractivity contribution in [2.75, 3.05) is 0 Å². The summed E-state index contributed by atoms with van der Waals surface area (Å²) in [5, 5.41) is 0. The van der Waals surface area contributed by atoms with Crippen molar-refractivity contribution < 1.29 is 9.21 Å². The summed E-state index contributed by atoms with van der Waals surface area (Å²) in [6.45, 7) is 3.53. The summed E-state index contributed by atoms with van der Waals surface area (Å²) in [7, 11) is 0. The lowest BCUT2D eigenvalue weighted by Gasteiger charge is -2.01. The number of aromatic amines is 1. The molecule has 2 aromatic heterocycles. The zero-order valence-corrected chi connectivity index (χ0v) is 10.2. The number of rotatable bonds is 3. The Balaban J connectivity index is 2.33. The molecule has 4 nitrogen and oxygen atoms in total. The SMILES string of the molecule is Cc1cc(C)c(C(=O)C=Cc2ccco2)c(=O)[nH]1. The summed E-state index contributed by atoms with van der Waals surface area (Å²) >= 11 is 0. The zero-order valence-electron chi connectivity index (χ0n) is 10.2. The molecule has 2 rings (SSSR count). The molecule has 0 fully saturated rings. The Labute approximate surface area is 104 Å². The van der Waals surface area contributed by atoms with Gasteiger partial charge in [-0.15, -0.1) is 0 Å². The molecular formula is C14H13NO3. The van der Waals surface area contributed by atoms with Gasteiger partial charge in [-0.3, -0.25) is 9.59 Å². The van der Waals surface area contributed by atoms with E-state index in [4.69, 9.17) is 4.42 Å². The van der Waals surface area contributed by atoms with Crippen molar-refractivity contribution in [1.82, 2.24) is 4.98 Å². The lowest BCUT2D eigenvalue weighted by Crippen LogP contribution is -2.19. The molecule has 2 heterocycles. The second kappa shape index (κ2) is 4.87. The molecule has 1 N–H and O–H groups in total. The van der Waals surface area contributed by atoms with Gasteiger partial charge < -0.3 is 9.40 Å². The number of carbonyl (C=O) groups excluding carboxylic acids is 1. The molecular weight excluding hydrogens is 230 g/mol. The van der Waals surface area contributed by atoms with Crippen LogP contribution in [-0.4, -0.2) is 10.8 Å². The van der Waals surface area contributed by atoms with Crippen molar-refractivity contribution in [1.29, 1.82) is 0 Å². The van der Waals surface area contributed by atoms with Gasteiger partial charge in [0.1, 0.15) is 5.76 Å². The Morgan fingerprint density at radius 2 is 2.17 bits per heavy atom. The summed E-state index contributed by atoms with van der Waals surface area (Å²) in [5.74, 6) is 0.245. The van der Waals surface area contributed by atoms with Gasteiger partial charge in [0, 0.05) is 5.69 Å². The Morgan fingerprint density at radius 1 is 1.39 bits per heavy atom. The fourth-order valence-corrected chi connectivity index (χ4v) is 1.79. The fraction of sp³-hybridized carbons (Fsp3) is 0.143. The van der Waals surface area contributed by atoms with Crippen LogP contribution in [0.1, 0.15) is 27.4 Å². The number of H-pyrrole nitrogens is 1. The average Bonchev–Trinajstić information content (AvgIpc) is 2.77. The molecule has 0 unspecified atom stereocenters. The van der Waals surface area contributed by atoms with Gasteiger partial charge in [0.15, 0.2) is 5.78 Å². The fourth-order valence-electron chi connectivity index (χ4n) is 1.79. The van der Waals surface area contributed by atoms with Crippen LogP contribution in [0.5, 0.6) is 0 Å². The van der Waals surface area contributed by atoms with Crippen molar-refractivity contribution in [3.05, 3.63) is 63.5 Å². The van der Waals surface area contributed by atoms with Gasteiger partial charge in [0.25, 0.3) is 5.56 Å². The molecule has 0 aliphatic rings. The van der Waals surface area contributed by atoms with Gasteiger partial charge in [-0.2, -0.15) is 0 Å². The number of nitrogens with one attached hydrogen (secondary N) is 1. The van der Waals surface area contributed by atoms with E-state index < -0.39 is 0 Å². The number of hydrogen-bond acceptors (Lipinski definition) is 3. The van der Waals surface area contributed by atoms with Crippen LogP contribution in [0.3, 0.4) is 0 Å². The van der Waals surface area contributed by atoms with E-state index in [0.717, 1.165) is 5.69 Å². The Morgan fingerprint density at radius 3 is 2.78 bits per heavy atom. The first-order valence-corrected chi connectivity index (χ1v) is 5.54. The van der Waals surface area contributed by atoms with E-state index in [1.165, 1.54) is 12.3 Å². The number of ketones is 1. The van der Waals surface area contributed by atoms with Crippen LogP contribution in [0.15, 0.2) is 39.7 Å². The molecule has 0 spiro atoms. The van der Waals surface area contributed by atoms with Gasteiger partial charge in [0.2, 0.25) is 0 Å². The molecule has 0 aliphatic heterocycles. The highest BCUT2D eigenvalue weighted by atomic mass is 16.3. The number of hydrogen-bond donors (Lipinski definition) is 1. The summed E-state index contributed by atoms with van der Waals surface area (Å²) in [5.41, 5.74) is 1.22. The van der Waals surface area contributed by atoms with E-state index in [2.05, 4.69) is 4.98 Å². The largest absolute Gasteiger partial charge is 0.465 e. The first-order chi connectivity index (χ1) is 8.58. The predicted octanol–water partition coefficient (Wildman–Crippen LogP) is 2.48.